The van der Waals surface area contributed by atoms with Gasteiger partial charge in [0.1, 0.15) is 0 Å². The van der Waals surface area contributed by atoms with Crippen molar-refractivity contribution in [2.24, 2.45) is 0 Å². The average Bonchev–Trinajstić information content (AvgIpc) is 1.33. The Balaban J connectivity index is -0.0000000233. The van der Waals surface area contributed by atoms with Gasteiger partial charge in [-0.25, -0.2) is 0 Å². The molecule has 0 rings (SSSR count). The number of hydrogen-bond donors (Lipinski definition) is 2. The Morgan fingerprint density at radius 3 is 1.44 bits per heavy atom. The Morgan fingerprint density at radius 2 is 1.44 bits per heavy atom. The van der Waals surface area contributed by atoms with Crippen LogP contribution in [0.5, 0.6) is 0 Å². The second-order valence-electron chi connectivity index (χ2n) is 0.326. The summed E-state index contributed by atoms with van der Waals surface area (Å²) in [5, 5.41) is 30.2. The van der Waals surface area contributed by atoms with Crippen LogP contribution in [0.25, 0.3) is 0 Å². The maximum absolute atomic E-state index is 8.64. The van der Waals surface area contributed by atoms with Crippen LogP contribution in [0.2, 0.25) is 0 Å². The molecule has 8 heteroatoms. The van der Waals surface area contributed by atoms with Crippen molar-refractivity contribution in [2.75, 3.05) is 0 Å². The van der Waals surface area contributed by atoms with Gasteiger partial charge in [0, 0.05) is 0 Å². The molecule has 0 fully saturated rings. The van der Waals surface area contributed by atoms with Gasteiger partial charge in [-0.2, -0.15) is 5.97 Å². The van der Waals surface area contributed by atoms with Gasteiger partial charge in [0.25, 0.3) is 0 Å². The summed E-state index contributed by atoms with van der Waals surface area (Å²) in [5.74, 6) is 2.00. The van der Waals surface area contributed by atoms with E-state index in [4.69, 9.17) is 20.3 Å². The molecule has 0 aliphatic rings. The van der Waals surface area contributed by atoms with Crippen LogP contribution in [-0.4, -0.2) is 25.2 Å². The van der Waals surface area contributed by atoms with E-state index in [1.54, 1.807) is 0 Å². The van der Waals surface area contributed by atoms with Crippen LogP contribution >= 0.6 is 0 Å². The summed E-state index contributed by atoms with van der Waals surface area (Å²) >= 11 is 0. The SMILES string of the molecule is [BH3-]C#N.[Na+].[Na+].[O-]B(O)O. The minimum absolute atomic E-state index is 0. The Morgan fingerprint density at radius 1 is 1.44 bits per heavy atom. The summed E-state index contributed by atoms with van der Waals surface area (Å²) < 4.78 is 0. The number of nitrogens with zero attached hydrogens (tertiary/aromatic N) is 1. The summed E-state index contributed by atoms with van der Waals surface area (Å²) in [6.07, 6.45) is 0. The maximum Gasteiger partial charge on any atom is 1.00 e. The summed E-state index contributed by atoms with van der Waals surface area (Å²) in [5.41, 5.74) is 0. The molecule has 0 saturated carbocycles. The second kappa shape index (κ2) is 22.7. The Labute approximate surface area is 99.4 Å². The van der Waals surface area contributed by atoms with Crippen molar-refractivity contribution >= 4 is 15.2 Å². The zero-order chi connectivity index (χ0) is 6.28. The monoisotopic (exact) mass is 147 g/mol. The molecule has 0 unspecified atom stereocenters. The van der Waals surface area contributed by atoms with Crippen molar-refractivity contribution in [3.63, 3.8) is 0 Å². The van der Waals surface area contributed by atoms with E-state index < -0.39 is 7.32 Å². The number of rotatable bonds is 0. The van der Waals surface area contributed by atoms with Crippen molar-refractivity contribution in [2.45, 2.75) is 0 Å². The summed E-state index contributed by atoms with van der Waals surface area (Å²) in [7, 11) is -2.35. The Kier molecular flexibility index (Phi) is 56.5. The molecule has 0 amide bonds. The minimum Gasteiger partial charge on any atom is -0.832 e. The fourth-order valence-corrected chi connectivity index (χ4v) is 0. The maximum atomic E-state index is 8.64. The molecule has 0 aromatic carbocycles. The zero-order valence-corrected chi connectivity index (χ0v) is 8.83. The van der Waals surface area contributed by atoms with Crippen LogP contribution in [0, 0.1) is 11.2 Å². The molecule has 9 heavy (non-hydrogen) atoms. The van der Waals surface area contributed by atoms with E-state index in [2.05, 4.69) is 0 Å². The fraction of sp³-hybridized carbons (Fsp3) is 0. The first-order valence-electron chi connectivity index (χ1n) is 0.976. The molecule has 0 heterocycles. The van der Waals surface area contributed by atoms with Crippen LogP contribution in [-0.2, 0) is 0 Å². The van der Waals surface area contributed by atoms with Crippen molar-refractivity contribution in [3.8, 4) is 5.97 Å². The fourth-order valence-electron chi connectivity index (χ4n) is 0. The number of nitriles is 1. The first kappa shape index (κ1) is 22.4. The molecule has 0 radical (unpaired) electrons. The molecule has 0 spiro atoms. The van der Waals surface area contributed by atoms with Gasteiger partial charge in [0.15, 0.2) is 0 Å². The normalized spacial score (nSPS) is 3.89. The standard InChI is InChI=1S/CH3BN.BH2O3.2Na/c2-1-3;2-1(3)4;;/h2H3;2-3H;;/q2*-1;2*+1. The summed E-state index contributed by atoms with van der Waals surface area (Å²) in [6, 6.07) is 0. The van der Waals surface area contributed by atoms with Crippen molar-refractivity contribution < 1.29 is 74.2 Å². The van der Waals surface area contributed by atoms with Gasteiger partial charge < -0.3 is 15.1 Å². The average molecular weight is 147 g/mol. The van der Waals surface area contributed by atoms with Crippen molar-refractivity contribution in [1.29, 1.82) is 5.26 Å². The van der Waals surface area contributed by atoms with Gasteiger partial charge in [-0.15, -0.1) is 0 Å². The third kappa shape index (κ3) is 238. The van der Waals surface area contributed by atoms with E-state index in [1.807, 2.05) is 5.97 Å². The van der Waals surface area contributed by atoms with Gasteiger partial charge in [0.2, 0.25) is 0 Å². The Hall–Kier alpha value is 1.50. The molecule has 40 valence electrons. The first-order chi connectivity index (χ1) is 3.15. The Bertz CT molecular complexity index is 62.6. The van der Waals surface area contributed by atoms with Crippen molar-refractivity contribution in [1.82, 2.24) is 0 Å². The van der Waals surface area contributed by atoms with Crippen molar-refractivity contribution in [3.05, 3.63) is 0 Å². The van der Waals surface area contributed by atoms with Crippen LogP contribution in [0.15, 0.2) is 0 Å². The quantitative estimate of drug-likeness (QED) is 0.333. The predicted octanol–water partition coefficient (Wildman–Crippen LogP) is -9.84. The topological polar surface area (TPSA) is 87.3 Å². The molecule has 0 saturated heterocycles. The smallest absolute Gasteiger partial charge is 0.832 e. The van der Waals surface area contributed by atoms with E-state index in [-0.39, 0.29) is 67.0 Å². The minimum atomic E-state index is -2.42. The van der Waals surface area contributed by atoms with Gasteiger partial charge in [0.05, 0.1) is 7.85 Å². The van der Waals surface area contributed by atoms with Gasteiger partial charge >= 0.3 is 66.4 Å². The van der Waals surface area contributed by atoms with E-state index in [1.165, 1.54) is 0 Å². The van der Waals surface area contributed by atoms with E-state index in [0.29, 0.717) is 0 Å². The summed E-state index contributed by atoms with van der Waals surface area (Å²) in [4.78, 5) is 0. The van der Waals surface area contributed by atoms with Crippen LogP contribution in [0.4, 0.5) is 0 Å². The molecule has 0 aliphatic carbocycles. The second-order valence-corrected chi connectivity index (χ2v) is 0.326. The van der Waals surface area contributed by atoms with E-state index >= 15 is 0 Å². The molecular weight excluding hydrogens is 142 g/mol. The van der Waals surface area contributed by atoms with E-state index in [9.17, 15) is 0 Å². The zero-order valence-electron chi connectivity index (χ0n) is 4.83. The molecule has 0 aromatic rings. The van der Waals surface area contributed by atoms with Gasteiger partial charge in [-0.3, -0.25) is 5.26 Å². The molecule has 0 aliphatic heterocycles. The predicted molar refractivity (Wildman–Crippen MR) is 25.7 cm³/mol. The van der Waals surface area contributed by atoms with Crippen LogP contribution < -0.4 is 64.1 Å². The van der Waals surface area contributed by atoms with E-state index in [0.717, 1.165) is 0 Å². The first-order valence-corrected chi connectivity index (χ1v) is 0.976. The van der Waals surface area contributed by atoms with Gasteiger partial charge in [-0.1, -0.05) is 0 Å². The molecular formula is CH5B2NNa2O3. The van der Waals surface area contributed by atoms with Crippen LogP contribution in [0.3, 0.4) is 0 Å². The molecule has 0 bridgehead atoms. The third-order valence-electron chi connectivity index (χ3n) is 0. The summed E-state index contributed by atoms with van der Waals surface area (Å²) in [6.45, 7) is 0. The molecule has 4 nitrogen and oxygen atoms in total. The third-order valence-corrected chi connectivity index (χ3v) is 0. The number of hydrogen-bond acceptors (Lipinski definition) is 4. The van der Waals surface area contributed by atoms with Gasteiger partial charge in [-0.05, 0) is 0 Å². The van der Waals surface area contributed by atoms with Crippen LogP contribution in [0.1, 0.15) is 0 Å². The molecule has 2 N–H and O–H groups in total. The molecule has 0 aromatic heterocycles. The largest absolute Gasteiger partial charge is 1.00 e. The molecule has 0 atom stereocenters.